The Morgan fingerprint density at radius 3 is 2.61 bits per heavy atom. The third-order valence-electron chi connectivity index (χ3n) is 3.59. The summed E-state index contributed by atoms with van der Waals surface area (Å²) in [6.07, 6.45) is 2.21. The number of carbonyl (C=O) groups is 1. The summed E-state index contributed by atoms with van der Waals surface area (Å²) in [5.74, 6) is 0. The minimum atomic E-state index is -0.315. The van der Waals surface area contributed by atoms with E-state index in [-0.39, 0.29) is 18.2 Å². The molecule has 0 unspecified atom stereocenters. The Morgan fingerprint density at radius 2 is 2.06 bits per heavy atom. The Balaban J connectivity index is 1.85. The number of hydrogen-bond acceptors (Lipinski definition) is 3. The molecule has 4 nitrogen and oxygen atoms in total. The van der Waals surface area contributed by atoms with Gasteiger partial charge in [-0.2, -0.15) is 0 Å². The molecule has 0 aliphatic heterocycles. The van der Waals surface area contributed by atoms with Gasteiger partial charge in [0.2, 0.25) is 0 Å². The molecule has 1 fully saturated rings. The van der Waals surface area contributed by atoms with Gasteiger partial charge in [0.25, 0.3) is 0 Å². The monoisotopic (exact) mass is 249 g/mol. The van der Waals surface area contributed by atoms with E-state index in [1.54, 1.807) is 11.9 Å². The highest BCUT2D eigenvalue weighted by Gasteiger charge is 2.48. The second-order valence-electron chi connectivity index (χ2n) is 4.80. The van der Waals surface area contributed by atoms with Crippen molar-refractivity contribution in [2.45, 2.75) is 31.4 Å². The van der Waals surface area contributed by atoms with Crippen molar-refractivity contribution in [1.82, 2.24) is 4.90 Å². The molecule has 1 aromatic rings. The minimum absolute atomic E-state index is 0.107. The van der Waals surface area contributed by atoms with E-state index >= 15 is 0 Å². The number of amides is 1. The second-order valence-corrected chi connectivity index (χ2v) is 4.80. The van der Waals surface area contributed by atoms with Gasteiger partial charge in [0.15, 0.2) is 0 Å². The number of rotatable bonds is 5. The van der Waals surface area contributed by atoms with Gasteiger partial charge in [0.05, 0.1) is 0 Å². The molecule has 1 aromatic carbocycles. The van der Waals surface area contributed by atoms with Crippen molar-refractivity contribution in [3.8, 4) is 0 Å². The summed E-state index contributed by atoms with van der Waals surface area (Å²) < 4.78 is 5.27. The van der Waals surface area contributed by atoms with Crippen LogP contribution in [0.4, 0.5) is 4.79 Å². The lowest BCUT2D eigenvalue weighted by Crippen LogP contribution is -2.39. The first-order valence-electron chi connectivity index (χ1n) is 6.23. The first-order valence-corrected chi connectivity index (χ1v) is 6.23. The van der Waals surface area contributed by atoms with Crippen molar-refractivity contribution < 1.29 is 14.6 Å². The van der Waals surface area contributed by atoms with E-state index in [2.05, 4.69) is 0 Å². The van der Waals surface area contributed by atoms with Crippen molar-refractivity contribution >= 4 is 6.09 Å². The molecule has 1 amide bonds. The first kappa shape index (κ1) is 12.9. The van der Waals surface area contributed by atoms with Crippen LogP contribution in [-0.2, 0) is 11.3 Å². The summed E-state index contributed by atoms with van der Waals surface area (Å²) in [5.41, 5.74) is 0.814. The Labute approximate surface area is 107 Å². The standard InChI is InChI=1S/C14H19NO3/c1-15(14(7-8-14)9-10-16)13(17)18-11-12-5-3-2-4-6-12/h2-6,16H,7-11H2,1H3. The summed E-state index contributed by atoms with van der Waals surface area (Å²) in [6.45, 7) is 0.398. The predicted molar refractivity (Wildman–Crippen MR) is 68.1 cm³/mol. The van der Waals surface area contributed by atoms with Gasteiger partial charge in [0, 0.05) is 19.2 Å². The molecule has 0 radical (unpaired) electrons. The van der Waals surface area contributed by atoms with Crippen LogP contribution in [0.1, 0.15) is 24.8 Å². The van der Waals surface area contributed by atoms with Gasteiger partial charge >= 0.3 is 6.09 Å². The maximum absolute atomic E-state index is 11.9. The summed E-state index contributed by atoms with van der Waals surface area (Å²) in [4.78, 5) is 13.5. The maximum Gasteiger partial charge on any atom is 0.410 e. The fraction of sp³-hybridized carbons (Fsp3) is 0.500. The lowest BCUT2D eigenvalue weighted by Gasteiger charge is -2.26. The lowest BCUT2D eigenvalue weighted by atomic mass is 10.2. The molecule has 0 spiro atoms. The van der Waals surface area contributed by atoms with Gasteiger partial charge in [-0.25, -0.2) is 4.79 Å². The van der Waals surface area contributed by atoms with E-state index in [4.69, 9.17) is 9.84 Å². The molecule has 0 bridgehead atoms. The molecule has 0 atom stereocenters. The van der Waals surface area contributed by atoms with Crippen molar-refractivity contribution in [1.29, 1.82) is 0 Å². The maximum atomic E-state index is 11.9. The van der Waals surface area contributed by atoms with Gasteiger partial charge in [0.1, 0.15) is 6.61 Å². The molecule has 1 aliphatic rings. The van der Waals surface area contributed by atoms with Crippen molar-refractivity contribution in [3.05, 3.63) is 35.9 Å². The number of carbonyl (C=O) groups excluding carboxylic acids is 1. The highest BCUT2D eigenvalue weighted by atomic mass is 16.6. The second kappa shape index (κ2) is 5.40. The molecule has 0 aromatic heterocycles. The Hall–Kier alpha value is -1.55. The summed E-state index contributed by atoms with van der Waals surface area (Å²) in [7, 11) is 1.75. The van der Waals surface area contributed by atoms with Crippen molar-refractivity contribution in [3.63, 3.8) is 0 Å². The molecule has 2 rings (SSSR count). The average Bonchev–Trinajstić information content (AvgIpc) is 3.17. The number of ether oxygens (including phenoxy) is 1. The Bertz CT molecular complexity index is 401. The molecular weight excluding hydrogens is 230 g/mol. The Morgan fingerprint density at radius 1 is 1.39 bits per heavy atom. The van der Waals surface area contributed by atoms with E-state index in [1.165, 1.54) is 0 Å². The van der Waals surface area contributed by atoms with Crippen LogP contribution < -0.4 is 0 Å². The zero-order valence-corrected chi connectivity index (χ0v) is 10.6. The average molecular weight is 249 g/mol. The summed E-state index contributed by atoms with van der Waals surface area (Å²) >= 11 is 0. The largest absolute Gasteiger partial charge is 0.445 e. The molecular formula is C14H19NO3. The molecule has 0 saturated heterocycles. The minimum Gasteiger partial charge on any atom is -0.445 e. The van der Waals surface area contributed by atoms with Crippen molar-refractivity contribution in [2.75, 3.05) is 13.7 Å². The molecule has 1 saturated carbocycles. The number of aliphatic hydroxyl groups is 1. The smallest absolute Gasteiger partial charge is 0.410 e. The predicted octanol–water partition coefficient (Wildman–Crippen LogP) is 2.17. The highest BCUT2D eigenvalue weighted by molar-refractivity contribution is 5.69. The van der Waals surface area contributed by atoms with Crippen LogP contribution in [0.2, 0.25) is 0 Å². The summed E-state index contributed by atoms with van der Waals surface area (Å²) in [6, 6.07) is 9.61. The van der Waals surface area contributed by atoms with Gasteiger partial charge in [-0.05, 0) is 24.8 Å². The number of aliphatic hydroxyl groups excluding tert-OH is 1. The van der Waals surface area contributed by atoms with E-state index in [0.29, 0.717) is 13.0 Å². The molecule has 1 N–H and O–H groups in total. The van der Waals surface area contributed by atoms with Gasteiger partial charge in [-0.15, -0.1) is 0 Å². The van der Waals surface area contributed by atoms with E-state index in [9.17, 15) is 4.79 Å². The van der Waals surface area contributed by atoms with Crippen LogP contribution in [0.15, 0.2) is 30.3 Å². The first-order chi connectivity index (χ1) is 8.68. The van der Waals surface area contributed by atoms with E-state index < -0.39 is 0 Å². The van der Waals surface area contributed by atoms with Crippen LogP contribution in [0.5, 0.6) is 0 Å². The Kier molecular flexibility index (Phi) is 3.87. The third kappa shape index (κ3) is 2.82. The highest BCUT2D eigenvalue weighted by Crippen LogP contribution is 2.44. The van der Waals surface area contributed by atoms with Gasteiger partial charge < -0.3 is 14.7 Å². The molecule has 1 aliphatic carbocycles. The van der Waals surface area contributed by atoms with Crippen LogP contribution in [0.3, 0.4) is 0 Å². The summed E-state index contributed by atoms with van der Waals surface area (Å²) in [5, 5.41) is 9.00. The quantitative estimate of drug-likeness (QED) is 0.870. The van der Waals surface area contributed by atoms with Crippen LogP contribution in [0, 0.1) is 0 Å². The zero-order valence-electron chi connectivity index (χ0n) is 10.6. The number of benzene rings is 1. The zero-order chi connectivity index (χ0) is 13.0. The molecule has 98 valence electrons. The number of hydrogen-bond donors (Lipinski definition) is 1. The lowest BCUT2D eigenvalue weighted by molar-refractivity contribution is 0.0797. The number of nitrogens with zero attached hydrogens (tertiary/aromatic N) is 1. The van der Waals surface area contributed by atoms with Crippen LogP contribution in [-0.4, -0.2) is 35.3 Å². The van der Waals surface area contributed by atoms with Crippen LogP contribution >= 0.6 is 0 Å². The fourth-order valence-corrected chi connectivity index (χ4v) is 2.12. The fourth-order valence-electron chi connectivity index (χ4n) is 2.12. The molecule has 18 heavy (non-hydrogen) atoms. The topological polar surface area (TPSA) is 49.8 Å². The van der Waals surface area contributed by atoms with Gasteiger partial charge in [-0.1, -0.05) is 30.3 Å². The van der Waals surface area contributed by atoms with Crippen LogP contribution in [0.25, 0.3) is 0 Å². The van der Waals surface area contributed by atoms with E-state index in [1.807, 2.05) is 30.3 Å². The van der Waals surface area contributed by atoms with E-state index in [0.717, 1.165) is 18.4 Å². The SMILES string of the molecule is CN(C(=O)OCc1ccccc1)C1(CCO)CC1. The van der Waals surface area contributed by atoms with Crippen molar-refractivity contribution in [2.24, 2.45) is 0 Å². The molecule has 0 heterocycles. The molecule has 4 heteroatoms. The van der Waals surface area contributed by atoms with Gasteiger partial charge in [-0.3, -0.25) is 0 Å². The third-order valence-corrected chi connectivity index (χ3v) is 3.59. The normalized spacial score (nSPS) is 16.1.